The van der Waals surface area contributed by atoms with Crippen LogP contribution >= 0.6 is 23.2 Å². The maximum Gasteiger partial charge on any atom is 0.129 e. The highest BCUT2D eigenvalue weighted by molar-refractivity contribution is 6.29. The van der Waals surface area contributed by atoms with Crippen molar-refractivity contribution in [2.45, 2.75) is 102 Å². The van der Waals surface area contributed by atoms with E-state index >= 15 is 0 Å². The Labute approximate surface area is 262 Å². The number of rotatable bonds is 2. The summed E-state index contributed by atoms with van der Waals surface area (Å²) in [5.74, 6) is 1.12. The maximum absolute atomic E-state index is 11.5. The fourth-order valence-corrected chi connectivity index (χ4v) is 8.59. The van der Waals surface area contributed by atoms with Crippen LogP contribution in [0.2, 0.25) is 10.3 Å². The van der Waals surface area contributed by atoms with Gasteiger partial charge in [0.05, 0.1) is 11.2 Å². The number of hydrogen-bond donors (Lipinski definition) is 2. The third-order valence-corrected chi connectivity index (χ3v) is 11.2. The molecule has 4 fully saturated rings. The van der Waals surface area contributed by atoms with Crippen LogP contribution < -0.4 is 0 Å². The molecule has 4 bridgehead atoms. The molecule has 0 spiro atoms. The number of aromatic nitrogens is 2. The maximum atomic E-state index is 11.5. The van der Waals surface area contributed by atoms with Gasteiger partial charge in [-0.3, -0.25) is 9.80 Å². The summed E-state index contributed by atoms with van der Waals surface area (Å²) in [6, 6.07) is 7.56. The Kier molecular flexibility index (Phi) is 9.11. The molecule has 4 heterocycles. The van der Waals surface area contributed by atoms with Crippen molar-refractivity contribution in [2.24, 2.45) is 23.7 Å². The minimum atomic E-state index is -0.743. The van der Waals surface area contributed by atoms with Crippen molar-refractivity contribution >= 4 is 23.2 Å². The summed E-state index contributed by atoms with van der Waals surface area (Å²) in [5, 5.41) is 24.0. The quantitative estimate of drug-likeness (QED) is 0.357. The van der Waals surface area contributed by atoms with E-state index in [2.05, 4.69) is 61.3 Å². The van der Waals surface area contributed by atoms with Crippen molar-refractivity contribution in [1.29, 1.82) is 0 Å². The van der Waals surface area contributed by atoms with Crippen LogP contribution in [0.1, 0.15) is 91.2 Å². The molecule has 4 aliphatic rings. The Balaban J connectivity index is 0.000000168. The van der Waals surface area contributed by atoms with E-state index in [1.54, 1.807) is 12.4 Å². The molecule has 0 amide bonds. The van der Waals surface area contributed by atoms with Crippen LogP contribution in [0.5, 0.6) is 0 Å². The van der Waals surface area contributed by atoms with Crippen LogP contribution in [0.15, 0.2) is 36.7 Å². The van der Waals surface area contributed by atoms with Gasteiger partial charge in [-0.15, -0.1) is 0 Å². The Morgan fingerprint density at radius 1 is 0.643 bits per heavy atom. The lowest BCUT2D eigenvalue weighted by atomic mass is 9.62. The van der Waals surface area contributed by atoms with Crippen LogP contribution in [0.4, 0.5) is 0 Å². The summed E-state index contributed by atoms with van der Waals surface area (Å²) in [4.78, 5) is 13.2. The first kappa shape index (κ1) is 32.1. The smallest absolute Gasteiger partial charge is 0.129 e. The second kappa shape index (κ2) is 11.9. The van der Waals surface area contributed by atoms with E-state index in [9.17, 15) is 10.2 Å². The van der Waals surface area contributed by atoms with Crippen LogP contribution in [-0.2, 0) is 11.2 Å². The van der Waals surface area contributed by atoms with E-state index in [0.717, 1.165) is 63.0 Å². The van der Waals surface area contributed by atoms with Gasteiger partial charge < -0.3 is 10.2 Å². The molecular weight excluding hydrogens is 567 g/mol. The molecule has 2 aromatic rings. The first-order valence-electron chi connectivity index (χ1n) is 15.8. The Hall–Kier alpha value is -1.28. The Morgan fingerprint density at radius 3 is 1.21 bits per heavy atom. The molecule has 2 aliphatic heterocycles. The van der Waals surface area contributed by atoms with Gasteiger partial charge >= 0.3 is 0 Å². The molecule has 0 aromatic carbocycles. The molecule has 2 aromatic heterocycles. The van der Waals surface area contributed by atoms with Gasteiger partial charge in [-0.05, 0) is 103 Å². The average Bonchev–Trinajstić information content (AvgIpc) is 2.87. The van der Waals surface area contributed by atoms with Crippen LogP contribution in [0.25, 0.3) is 0 Å². The van der Waals surface area contributed by atoms with Gasteiger partial charge in [0.1, 0.15) is 10.3 Å². The highest BCUT2D eigenvalue weighted by Gasteiger charge is 2.54. The van der Waals surface area contributed by atoms with Crippen LogP contribution in [-0.4, -0.2) is 67.2 Å². The summed E-state index contributed by atoms with van der Waals surface area (Å²) in [7, 11) is 0. The lowest BCUT2D eigenvalue weighted by Crippen LogP contribution is -2.61. The first-order chi connectivity index (χ1) is 19.6. The summed E-state index contributed by atoms with van der Waals surface area (Å²) in [5.41, 5.74) is 0.728. The van der Waals surface area contributed by atoms with Crippen molar-refractivity contribution in [2.75, 3.05) is 26.2 Å². The second-order valence-corrected chi connectivity index (χ2v) is 16.0. The van der Waals surface area contributed by atoms with Gasteiger partial charge in [-0.25, -0.2) is 9.97 Å². The number of halogens is 2. The largest absolute Gasteiger partial charge is 0.384 e. The van der Waals surface area contributed by atoms with E-state index in [4.69, 9.17) is 23.2 Å². The van der Waals surface area contributed by atoms with Crippen molar-refractivity contribution in [3.05, 3.63) is 58.1 Å². The summed E-state index contributed by atoms with van der Waals surface area (Å²) in [6.45, 7) is 17.4. The molecular formula is C34H50Cl2N4O2. The molecule has 2 saturated heterocycles. The van der Waals surface area contributed by atoms with E-state index in [1.165, 1.54) is 12.8 Å². The highest BCUT2D eigenvalue weighted by Crippen LogP contribution is 2.51. The minimum absolute atomic E-state index is 0.158. The molecule has 6 nitrogen and oxygen atoms in total. The van der Waals surface area contributed by atoms with Gasteiger partial charge in [0.2, 0.25) is 0 Å². The summed E-state index contributed by atoms with van der Waals surface area (Å²) >= 11 is 12.1. The van der Waals surface area contributed by atoms with E-state index in [-0.39, 0.29) is 34.7 Å². The number of nitrogens with zero attached hydrogens (tertiary/aromatic N) is 4. The zero-order valence-corrected chi connectivity index (χ0v) is 27.8. The molecule has 2 aliphatic carbocycles. The number of pyridine rings is 2. The van der Waals surface area contributed by atoms with Crippen molar-refractivity contribution in [3.63, 3.8) is 0 Å². The van der Waals surface area contributed by atoms with Crippen molar-refractivity contribution in [3.8, 4) is 0 Å². The molecule has 4 unspecified atom stereocenters. The fraction of sp³-hybridized carbons (Fsp3) is 0.706. The van der Waals surface area contributed by atoms with Gasteiger partial charge in [0.25, 0.3) is 0 Å². The highest BCUT2D eigenvalue weighted by atomic mass is 35.5. The van der Waals surface area contributed by atoms with Crippen LogP contribution in [0.3, 0.4) is 0 Å². The molecule has 6 rings (SSSR count). The van der Waals surface area contributed by atoms with Gasteiger partial charge in [-0.1, -0.05) is 36.0 Å². The van der Waals surface area contributed by atoms with E-state index in [0.29, 0.717) is 10.3 Å². The Morgan fingerprint density at radius 2 is 0.952 bits per heavy atom. The number of aliphatic hydroxyl groups is 2. The SMILES string of the molecule is CC(C)(C)N1CC2CCCC(C1)C2(O)c1ccnc(Cl)c1.CC(C)(C)N1CC2CCCC(C1)C2(O)c1ccnc(Cl)c1. The predicted molar refractivity (Wildman–Crippen MR) is 171 cm³/mol. The fourth-order valence-electron chi connectivity index (χ4n) is 8.24. The number of fused-ring (bicyclic) bond motifs is 4. The Bertz CT molecular complexity index is 1120. The summed E-state index contributed by atoms with van der Waals surface area (Å²) in [6.07, 6.45) is 10.2. The minimum Gasteiger partial charge on any atom is -0.384 e. The van der Waals surface area contributed by atoms with Gasteiger partial charge in [0, 0.05) is 73.3 Å². The molecule has 2 N–H and O–H groups in total. The third kappa shape index (κ3) is 6.14. The number of likely N-dealkylation sites (tertiary alicyclic amines) is 2. The van der Waals surface area contributed by atoms with E-state index in [1.807, 2.05) is 24.3 Å². The van der Waals surface area contributed by atoms with Gasteiger partial charge in [0.15, 0.2) is 0 Å². The lowest BCUT2D eigenvalue weighted by Gasteiger charge is -2.56. The first-order valence-corrected chi connectivity index (χ1v) is 16.6. The van der Waals surface area contributed by atoms with Crippen LogP contribution in [0, 0.1) is 23.7 Å². The second-order valence-electron chi connectivity index (χ2n) is 15.2. The summed E-state index contributed by atoms with van der Waals surface area (Å²) < 4.78 is 0. The molecule has 8 heteroatoms. The van der Waals surface area contributed by atoms with Crippen molar-refractivity contribution in [1.82, 2.24) is 19.8 Å². The average molecular weight is 618 g/mol. The molecule has 2 saturated carbocycles. The monoisotopic (exact) mass is 616 g/mol. The number of piperidine rings is 2. The zero-order valence-electron chi connectivity index (χ0n) is 26.3. The molecule has 232 valence electrons. The standard InChI is InChI=1S/2C17H25ClN2O/c2*1-16(2,3)20-10-13-5-4-6-14(11-20)17(13,21)12-7-8-19-15(18)9-12/h2*7-9,13-14,21H,4-6,10-11H2,1-3H3. The predicted octanol–water partition coefficient (Wildman–Crippen LogP) is 6.91. The zero-order chi connectivity index (χ0) is 30.5. The van der Waals surface area contributed by atoms with Crippen molar-refractivity contribution < 1.29 is 10.2 Å². The molecule has 0 radical (unpaired) electrons. The topological polar surface area (TPSA) is 72.7 Å². The molecule has 42 heavy (non-hydrogen) atoms. The van der Waals surface area contributed by atoms with E-state index < -0.39 is 11.2 Å². The number of hydrogen-bond acceptors (Lipinski definition) is 6. The normalized spacial score (nSPS) is 34.0. The molecule has 4 atom stereocenters. The lowest BCUT2D eigenvalue weighted by molar-refractivity contribution is -0.160. The van der Waals surface area contributed by atoms with Gasteiger partial charge in [-0.2, -0.15) is 0 Å². The third-order valence-electron chi connectivity index (χ3n) is 10.7.